The van der Waals surface area contributed by atoms with E-state index in [2.05, 4.69) is 64.2 Å². The van der Waals surface area contributed by atoms with Gasteiger partial charge in [0.2, 0.25) is 53.4 Å². The molecule has 3 unspecified atom stereocenters. The van der Waals surface area contributed by atoms with Gasteiger partial charge < -0.3 is 163 Å². The lowest BCUT2D eigenvalue weighted by atomic mass is 9.86. The van der Waals surface area contributed by atoms with Crippen LogP contribution in [0.5, 0.6) is 46.0 Å². The van der Waals surface area contributed by atoms with Gasteiger partial charge in [-0.1, -0.05) is 67.9 Å². The Kier molecular flexibility index (Phi) is 31.6. The summed E-state index contributed by atoms with van der Waals surface area (Å²) in [4.78, 5) is 137. The predicted octanol–water partition coefficient (Wildman–Crippen LogP) is 0.973. The highest BCUT2D eigenvalue weighted by molar-refractivity contribution is 6.32. The summed E-state index contributed by atoms with van der Waals surface area (Å²) in [5.41, 5.74) is 8.12. The number of aromatic nitrogens is 1. The molecule has 47 heteroatoms. The first-order valence-corrected chi connectivity index (χ1v) is 41.9. The van der Waals surface area contributed by atoms with E-state index in [9.17, 15) is 93.6 Å². The van der Waals surface area contributed by atoms with Gasteiger partial charge in [-0.3, -0.25) is 43.3 Å². The number of rotatable bonds is 24. The van der Waals surface area contributed by atoms with Gasteiger partial charge in [-0.15, -0.1) is 13.2 Å². The Balaban J connectivity index is 0.979. The minimum Gasteiger partial charge on any atom is -0.508 e. The number of halogens is 5. The summed E-state index contributed by atoms with van der Waals surface area (Å²) in [5.74, 6) is -18.6. The highest BCUT2D eigenvalue weighted by atomic mass is 35.5. The fraction of sp³-hybridized carbons (Fsp3) is 0.419. The number of pyridine rings is 1. The number of alkyl halides is 3. The number of benzene rings is 5. The third-order valence-corrected chi connectivity index (χ3v) is 23.0. The van der Waals surface area contributed by atoms with E-state index in [1.54, 1.807) is 13.8 Å². The van der Waals surface area contributed by atoms with Crippen LogP contribution in [0.25, 0.3) is 11.1 Å². The first-order valence-electron chi connectivity index (χ1n) is 41.2. The second-order valence-corrected chi connectivity index (χ2v) is 33.6. The minimum atomic E-state index is -4.98. The average Bonchev–Trinajstić information content (AvgIpc) is 0.762. The molecule has 133 heavy (non-hydrogen) atoms. The van der Waals surface area contributed by atoms with E-state index >= 15 is 24.0 Å². The monoisotopic (exact) mass is 1900 g/mol. The Bertz CT molecular complexity index is 5470. The first kappa shape index (κ1) is 100. The van der Waals surface area contributed by atoms with Crippen molar-refractivity contribution in [1.82, 2.24) is 52.8 Å². The highest BCUT2D eigenvalue weighted by Crippen LogP contribution is 2.51. The molecule has 23 atom stereocenters. The number of hydrogen-bond donors (Lipinski definition) is 23. The molecule has 0 spiro atoms. The van der Waals surface area contributed by atoms with E-state index < -0.39 is 309 Å². The normalized spacial score (nSPS) is 28.8. The number of phenolic OH excluding ortho intramolecular Hbond substituents is 3. The number of carboxylic acid groups (broad SMARTS) is 1. The van der Waals surface area contributed by atoms with Crippen LogP contribution in [0.2, 0.25) is 10.0 Å². The van der Waals surface area contributed by atoms with Gasteiger partial charge in [-0.2, -0.15) is 0 Å². The third kappa shape index (κ3) is 23.5. The molecule has 8 aliphatic rings. The number of carbonyl (C=O) groups is 9. The number of ether oxygens (including phenoxy) is 9. The van der Waals surface area contributed by atoms with Gasteiger partial charge in [0, 0.05) is 66.4 Å². The molecule has 0 saturated carbocycles. The number of aromatic hydroxyl groups is 3. The van der Waals surface area contributed by atoms with E-state index in [0.717, 1.165) is 91.1 Å². The summed E-state index contributed by atoms with van der Waals surface area (Å²) < 4.78 is 92.2. The molecule has 11 bridgehead atoms. The number of carboxylic acids is 1. The predicted molar refractivity (Wildman–Crippen MR) is 453 cm³/mol. The zero-order chi connectivity index (χ0) is 96.8. The number of primary amides is 1. The van der Waals surface area contributed by atoms with Crippen molar-refractivity contribution >= 4 is 76.4 Å². The zero-order valence-electron chi connectivity index (χ0n) is 71.0. The number of aliphatic hydroxyl groups is 8. The third-order valence-electron chi connectivity index (χ3n) is 22.4. The van der Waals surface area contributed by atoms with Crippen LogP contribution in [0.4, 0.5) is 13.2 Å². The van der Waals surface area contributed by atoms with Crippen molar-refractivity contribution in [2.75, 3.05) is 20.2 Å². The Morgan fingerprint density at radius 2 is 1.35 bits per heavy atom. The van der Waals surface area contributed by atoms with Crippen LogP contribution >= 0.6 is 23.2 Å². The molecular formula is C86H97Cl2F3N12O30. The summed E-state index contributed by atoms with van der Waals surface area (Å²) in [6.45, 7) is 7.91. The van der Waals surface area contributed by atoms with Gasteiger partial charge in [0.1, 0.15) is 126 Å². The smallest absolute Gasteiger partial charge is 0.508 e. The Labute approximate surface area is 763 Å². The second-order valence-electron chi connectivity index (χ2n) is 32.8. The average molecular weight is 1910 g/mol. The van der Waals surface area contributed by atoms with Crippen LogP contribution < -0.4 is 73.5 Å². The van der Waals surface area contributed by atoms with Crippen molar-refractivity contribution < 1.29 is 160 Å². The van der Waals surface area contributed by atoms with Gasteiger partial charge in [0.15, 0.2) is 30.1 Å². The highest BCUT2D eigenvalue weighted by Gasteiger charge is 2.53. The van der Waals surface area contributed by atoms with Gasteiger partial charge in [0.05, 0.1) is 46.9 Å². The molecule has 9 heterocycles. The number of nitrogens with one attached hydrogen (secondary N) is 9. The molecule has 8 amide bonds. The number of fused-ring (bicyclic) bond motifs is 15. The maximum atomic E-state index is 16.5. The number of nitrogens with two attached hydrogens (primary N) is 2. The van der Waals surface area contributed by atoms with E-state index in [1.807, 2.05) is 0 Å². The van der Waals surface area contributed by atoms with Crippen LogP contribution in [0, 0.1) is 5.92 Å². The number of carbonyl (C=O) groups excluding carboxylic acids is 8. The molecule has 14 rings (SSSR count). The topological polar surface area (TPSA) is 653 Å². The first-order chi connectivity index (χ1) is 62.8. The fourth-order valence-electron chi connectivity index (χ4n) is 15.7. The standard InChI is InChI=1S/C86H97Cl2F3N12O30/c1-33(2)17-47(94-6)76(117)102-63-65(109)38-11-14-51(45(87)20-38)126-53-22-40-23-54(72(53)131-84-70(114)68(112)73(56(32-104)129-84)132-83-69(113)67(111)66(110)55(128-83)31-96-29-36-18-41(30-95-28-36)75(116)97-16-8-7-9-34(3)133-86(89,90)91)127-52-15-12-39(21-46(52)88)71(130-58-27-85(5,93)74(115)35(4)125-58)64-81(122)101-62(82(123)124)44-24-42(105)25-50(107)59(44)43-19-37(10-13-49(43)106)60(78(119)103-64)100-79(120)61(40)99-77(118)48(26-57(92)108)98-80(63)121/h7-16,18-25,28,30,33,35,47-48,55-56,58,60-71,73-74,83-84,94,96,104-107,109-115H,3,17,26-27,29,31-32,93H2,1-2,4-6H3,(H2,92,108)(H,97,116)(H,98,121)(H,99,118)(H,100,120)(H,101,122)(H,102,117)(H,103,119)(H,123,124)/t35-,47+,48?,55+,56+,58-,60+,61+,62?,63?,64-,65+,66-,67-,68+,69+,70+,71+,73+,74-,83-,84-,85-/m0/s1. The van der Waals surface area contributed by atoms with E-state index in [4.69, 9.17) is 72.6 Å². The Morgan fingerprint density at radius 1 is 0.714 bits per heavy atom. The zero-order valence-corrected chi connectivity index (χ0v) is 72.5. The van der Waals surface area contributed by atoms with Crippen molar-refractivity contribution in [3.8, 4) is 57.1 Å². The van der Waals surface area contributed by atoms with Crippen LogP contribution in [-0.2, 0) is 73.3 Å². The van der Waals surface area contributed by atoms with Crippen molar-refractivity contribution in [1.29, 1.82) is 0 Å². The lowest BCUT2D eigenvalue weighted by Gasteiger charge is -2.46. The fourth-order valence-corrected chi connectivity index (χ4v) is 16.1. The molecule has 1 aromatic heterocycles. The van der Waals surface area contributed by atoms with Gasteiger partial charge in [0.25, 0.3) is 5.91 Å². The van der Waals surface area contributed by atoms with Crippen LogP contribution in [0.15, 0.2) is 134 Å². The molecule has 25 N–H and O–H groups in total. The molecule has 5 aromatic carbocycles. The minimum absolute atomic E-state index is 0.00525. The van der Waals surface area contributed by atoms with E-state index in [-0.39, 0.29) is 42.1 Å². The lowest BCUT2D eigenvalue weighted by molar-refractivity contribution is -0.350. The van der Waals surface area contributed by atoms with Crippen molar-refractivity contribution in [2.24, 2.45) is 17.4 Å². The maximum Gasteiger partial charge on any atom is 0.573 e. The maximum absolute atomic E-state index is 16.5. The van der Waals surface area contributed by atoms with Crippen molar-refractivity contribution in [3.63, 3.8) is 0 Å². The van der Waals surface area contributed by atoms with E-state index in [0.29, 0.717) is 5.56 Å². The summed E-state index contributed by atoms with van der Waals surface area (Å²) >= 11 is 14.5. The number of hydrogen-bond acceptors (Lipinski definition) is 33. The number of nitrogens with zero attached hydrogens (tertiary/aromatic N) is 1. The summed E-state index contributed by atoms with van der Waals surface area (Å²) in [7, 11) is 1.44. The molecule has 42 nitrogen and oxygen atoms in total. The van der Waals surface area contributed by atoms with Gasteiger partial charge >= 0.3 is 12.3 Å². The number of aliphatic carboxylic acids is 1. The molecule has 0 aliphatic carbocycles. The quantitative estimate of drug-likeness (QED) is 0.0296. The molecule has 6 aromatic rings. The molecule has 3 saturated heterocycles. The number of aliphatic hydroxyl groups excluding tert-OH is 8. The molecular weight excluding hydrogens is 1810 g/mol. The van der Waals surface area contributed by atoms with Crippen LogP contribution in [0.1, 0.15) is 121 Å². The van der Waals surface area contributed by atoms with Crippen molar-refractivity contribution in [3.05, 3.63) is 183 Å². The summed E-state index contributed by atoms with van der Waals surface area (Å²) in [5, 5.41) is 161. The van der Waals surface area contributed by atoms with Crippen molar-refractivity contribution in [2.45, 2.75) is 200 Å². The molecule has 8 aliphatic heterocycles. The second kappa shape index (κ2) is 42.1. The molecule has 3 fully saturated rings. The Hall–Kier alpha value is -12.0. The van der Waals surface area contributed by atoms with Gasteiger partial charge in [-0.25, -0.2) is 4.79 Å². The summed E-state index contributed by atoms with van der Waals surface area (Å²) in [6, 6.07) is -0.189. The Morgan fingerprint density at radius 3 is 1.99 bits per heavy atom. The lowest BCUT2D eigenvalue weighted by Crippen LogP contribution is -2.65. The van der Waals surface area contributed by atoms with E-state index in [1.165, 1.54) is 51.5 Å². The molecule has 716 valence electrons. The van der Waals surface area contributed by atoms with Crippen LogP contribution in [-0.4, -0.2) is 256 Å². The molecule has 0 radical (unpaired) electrons. The number of allylic oxidation sites excluding steroid dienone is 3. The van der Waals surface area contributed by atoms with Gasteiger partial charge in [-0.05, 0) is 134 Å². The number of phenols is 3. The SMILES string of the molecule is C=C(C=CC=CNC(=O)c1cncc(CNC[C@H]2O[C@@H](O[C@H]3[C@H](O)[C@@H](O)[C@H](Oc4c5cc6cc4Oc4ccc(cc4Cl)[C@@H](O[C@H]4C[C@](C)(N)[C@@H](O)[C@H](C)O4)[C@@H]4NC(=O)[C@H](NC(=O)[C@@H]6NC(=O)C(CC(N)=O)NC(=O)C(NC(=O)[C@@H](CC(C)C)NC)[C@H](O)c6ccc(c(Cl)c6)O5)c5ccc(O)c(c5)-c5c(O)cc(O)cc5C(C(=O)O)NC4=O)O[C@@H]3CO)[C@H](O)[C@@H](O)[C@H]2O)c1)OC(F)(F)F. The largest absolute Gasteiger partial charge is 0.573 e. The number of likely N-dealkylation sites (N-methyl/N-ethyl adjacent to an activating group) is 1. The van der Waals surface area contributed by atoms with Crippen LogP contribution in [0.3, 0.4) is 0 Å². The number of amides is 8. The summed E-state index contributed by atoms with van der Waals surface area (Å²) in [6.07, 6.45) is -28.5.